The quantitative estimate of drug-likeness (QED) is 0.684. The summed E-state index contributed by atoms with van der Waals surface area (Å²) < 4.78 is 25.9. The highest BCUT2D eigenvalue weighted by molar-refractivity contribution is 6.32. The second kappa shape index (κ2) is 5.46. The summed E-state index contributed by atoms with van der Waals surface area (Å²) in [7, 11) is 0. The van der Waals surface area contributed by atoms with Gasteiger partial charge in [-0.05, 0) is 23.7 Å². The molecule has 2 aromatic rings. The van der Waals surface area contributed by atoms with Gasteiger partial charge >= 0.3 is 0 Å². The number of carbonyl (C=O) groups is 1. The van der Waals surface area contributed by atoms with Gasteiger partial charge < -0.3 is 5.32 Å². The van der Waals surface area contributed by atoms with Crippen molar-refractivity contribution in [2.45, 2.75) is 0 Å². The molecule has 0 unspecified atom stereocenters. The molecular weight excluding hydrogens is 299 g/mol. The van der Waals surface area contributed by atoms with Crippen LogP contribution in [0.15, 0.2) is 24.3 Å². The van der Waals surface area contributed by atoms with Gasteiger partial charge in [0.1, 0.15) is 22.6 Å². The second-order valence-corrected chi connectivity index (χ2v) is 4.18. The topological polar surface area (TPSA) is 54.9 Å². The van der Waals surface area contributed by atoms with Crippen LogP contribution < -0.4 is 5.32 Å². The molecule has 4 nitrogen and oxygen atoms in total. The Morgan fingerprint density at radius 2 is 1.68 bits per heavy atom. The molecule has 1 aromatic carbocycles. The van der Waals surface area contributed by atoms with Gasteiger partial charge in [-0.1, -0.05) is 11.6 Å². The lowest BCUT2D eigenvalue weighted by Gasteiger charge is -2.05. The van der Waals surface area contributed by atoms with Crippen LogP contribution in [0.2, 0.25) is 10.4 Å². The van der Waals surface area contributed by atoms with E-state index in [4.69, 9.17) is 23.2 Å². The van der Waals surface area contributed by atoms with Crippen molar-refractivity contribution in [2.24, 2.45) is 0 Å². The Morgan fingerprint density at radius 3 is 2.26 bits per heavy atom. The third-order valence-corrected chi connectivity index (χ3v) is 2.40. The molecule has 19 heavy (non-hydrogen) atoms. The first kappa shape index (κ1) is 13.6. The number of carbonyl (C=O) groups excluding carboxylic acids is 1. The molecule has 0 bridgehead atoms. The Labute approximate surface area is 116 Å². The van der Waals surface area contributed by atoms with E-state index < -0.39 is 17.5 Å². The van der Waals surface area contributed by atoms with Crippen LogP contribution in [-0.4, -0.2) is 15.9 Å². The third-order valence-electron chi connectivity index (χ3n) is 2.03. The maximum absolute atomic E-state index is 13.0. The summed E-state index contributed by atoms with van der Waals surface area (Å²) >= 11 is 11.2. The summed E-state index contributed by atoms with van der Waals surface area (Å²) in [6, 6.07) is 3.70. The smallest absolute Gasteiger partial charge is 0.257 e. The first-order valence-corrected chi connectivity index (χ1v) is 5.67. The molecule has 0 radical (unpaired) electrons. The summed E-state index contributed by atoms with van der Waals surface area (Å²) in [5, 5.41) is 2.17. The zero-order valence-corrected chi connectivity index (χ0v) is 10.6. The van der Waals surface area contributed by atoms with E-state index in [0.29, 0.717) is 6.07 Å². The molecule has 1 heterocycles. The van der Waals surface area contributed by atoms with Crippen LogP contribution in [0.5, 0.6) is 0 Å². The maximum Gasteiger partial charge on any atom is 0.257 e. The van der Waals surface area contributed by atoms with E-state index in [9.17, 15) is 13.6 Å². The van der Waals surface area contributed by atoms with Crippen molar-refractivity contribution in [3.05, 3.63) is 51.9 Å². The molecule has 98 valence electrons. The van der Waals surface area contributed by atoms with Gasteiger partial charge in [0.15, 0.2) is 0 Å². The number of rotatable bonds is 2. The Balaban J connectivity index is 2.25. The summed E-state index contributed by atoms with van der Waals surface area (Å²) in [5.41, 5.74) is -0.191. The van der Waals surface area contributed by atoms with Gasteiger partial charge in [-0.2, -0.15) is 0 Å². The molecule has 0 aliphatic rings. The van der Waals surface area contributed by atoms with Crippen LogP contribution in [0.25, 0.3) is 0 Å². The first-order valence-electron chi connectivity index (χ1n) is 4.91. The lowest BCUT2D eigenvalue weighted by atomic mass is 10.2. The van der Waals surface area contributed by atoms with E-state index in [-0.39, 0.29) is 21.8 Å². The molecule has 0 aliphatic heterocycles. The number of hydrogen-bond acceptors (Lipinski definition) is 3. The monoisotopic (exact) mass is 303 g/mol. The van der Waals surface area contributed by atoms with E-state index in [1.807, 2.05) is 0 Å². The zero-order chi connectivity index (χ0) is 14.0. The van der Waals surface area contributed by atoms with Crippen molar-refractivity contribution in [1.29, 1.82) is 0 Å². The van der Waals surface area contributed by atoms with Gasteiger partial charge in [-0.25, -0.2) is 18.7 Å². The molecular formula is C11H5Cl2F2N3O. The van der Waals surface area contributed by atoms with E-state index in [2.05, 4.69) is 15.3 Å². The van der Waals surface area contributed by atoms with Crippen molar-refractivity contribution >= 4 is 34.9 Å². The lowest BCUT2D eigenvalue weighted by Crippen LogP contribution is -2.14. The molecule has 1 aromatic heterocycles. The van der Waals surface area contributed by atoms with Gasteiger partial charge in [0, 0.05) is 17.7 Å². The average molecular weight is 304 g/mol. The average Bonchev–Trinajstić information content (AvgIpc) is 2.25. The highest BCUT2D eigenvalue weighted by Gasteiger charge is 2.11. The highest BCUT2D eigenvalue weighted by atomic mass is 35.5. The molecule has 8 heteroatoms. The van der Waals surface area contributed by atoms with E-state index in [1.165, 1.54) is 6.07 Å². The molecule has 0 spiro atoms. The normalized spacial score (nSPS) is 10.3. The number of nitrogens with one attached hydrogen (secondary N) is 1. The standard InChI is InChI=1S/C11H5Cl2F2N3O/c12-8-4-9(18-11(13)16-8)17-10(19)5-1-6(14)3-7(15)2-5/h1-4H,(H,16,17,18,19). The van der Waals surface area contributed by atoms with Crippen LogP contribution in [-0.2, 0) is 0 Å². The van der Waals surface area contributed by atoms with E-state index in [1.54, 1.807) is 0 Å². The lowest BCUT2D eigenvalue weighted by molar-refractivity contribution is 0.102. The van der Waals surface area contributed by atoms with Gasteiger partial charge in [0.05, 0.1) is 0 Å². The van der Waals surface area contributed by atoms with Crippen molar-refractivity contribution in [3.63, 3.8) is 0 Å². The number of nitrogens with zero attached hydrogens (tertiary/aromatic N) is 2. The van der Waals surface area contributed by atoms with Crippen molar-refractivity contribution in [2.75, 3.05) is 5.32 Å². The largest absolute Gasteiger partial charge is 0.306 e. The maximum atomic E-state index is 13.0. The molecule has 0 aliphatic carbocycles. The minimum atomic E-state index is -0.857. The van der Waals surface area contributed by atoms with Gasteiger partial charge in [-0.15, -0.1) is 0 Å². The Morgan fingerprint density at radius 1 is 1.05 bits per heavy atom. The molecule has 0 saturated carbocycles. The molecule has 1 amide bonds. The Kier molecular flexibility index (Phi) is 3.92. The fourth-order valence-corrected chi connectivity index (χ4v) is 1.74. The van der Waals surface area contributed by atoms with Crippen molar-refractivity contribution in [3.8, 4) is 0 Å². The fraction of sp³-hybridized carbons (Fsp3) is 0. The summed E-state index contributed by atoms with van der Waals surface area (Å²) in [6.07, 6.45) is 0. The Hall–Kier alpha value is -1.79. The highest BCUT2D eigenvalue weighted by Crippen LogP contribution is 2.16. The van der Waals surface area contributed by atoms with Gasteiger partial charge in [0.25, 0.3) is 5.91 Å². The number of anilines is 1. The molecule has 0 atom stereocenters. The van der Waals surface area contributed by atoms with Crippen LogP contribution >= 0.6 is 23.2 Å². The zero-order valence-electron chi connectivity index (χ0n) is 9.12. The Bertz CT molecular complexity index is 611. The van der Waals surface area contributed by atoms with Gasteiger partial charge in [-0.3, -0.25) is 4.79 Å². The van der Waals surface area contributed by atoms with Crippen molar-refractivity contribution < 1.29 is 13.6 Å². The number of amides is 1. The summed E-state index contributed by atoms with van der Waals surface area (Å²) in [5.74, 6) is -2.43. The van der Waals surface area contributed by atoms with Crippen molar-refractivity contribution in [1.82, 2.24) is 9.97 Å². The summed E-state index contributed by atoms with van der Waals surface area (Å²) in [6.45, 7) is 0. The minimum Gasteiger partial charge on any atom is -0.306 e. The minimum absolute atomic E-state index is 0.0275. The molecule has 0 saturated heterocycles. The van der Waals surface area contributed by atoms with Crippen LogP contribution in [0, 0.1) is 11.6 Å². The van der Waals surface area contributed by atoms with Gasteiger partial charge in [0.2, 0.25) is 5.28 Å². The predicted molar refractivity (Wildman–Crippen MR) is 66.4 cm³/mol. The molecule has 1 N–H and O–H groups in total. The van der Waals surface area contributed by atoms with E-state index >= 15 is 0 Å². The molecule has 0 fully saturated rings. The number of aromatic nitrogens is 2. The number of benzene rings is 1. The van der Waals surface area contributed by atoms with Crippen LogP contribution in [0.3, 0.4) is 0 Å². The molecule has 2 rings (SSSR count). The predicted octanol–water partition coefficient (Wildman–Crippen LogP) is 3.31. The SMILES string of the molecule is O=C(Nc1cc(Cl)nc(Cl)n1)c1cc(F)cc(F)c1. The van der Waals surface area contributed by atoms with Crippen LogP contribution in [0.4, 0.5) is 14.6 Å². The van der Waals surface area contributed by atoms with Crippen LogP contribution in [0.1, 0.15) is 10.4 Å². The first-order chi connectivity index (χ1) is 8.94. The van der Waals surface area contributed by atoms with E-state index in [0.717, 1.165) is 12.1 Å². The third kappa shape index (κ3) is 3.59. The fourth-order valence-electron chi connectivity index (χ4n) is 1.33. The number of halogens is 4. The number of hydrogen-bond donors (Lipinski definition) is 1. The summed E-state index contributed by atoms with van der Waals surface area (Å²) in [4.78, 5) is 19.0. The second-order valence-electron chi connectivity index (χ2n) is 3.46.